The largest absolute Gasteiger partial charge is 0.469 e. The second-order valence-electron chi connectivity index (χ2n) is 4.15. The Morgan fingerprint density at radius 2 is 1.80 bits per heavy atom. The number of esters is 1. The molecule has 0 aliphatic carbocycles. The van der Waals surface area contributed by atoms with E-state index in [1.165, 1.54) is 26.2 Å². The fraction of sp³-hybridized carbons (Fsp3) is 0.385. The monoisotopic (exact) mass is 289 g/mol. The first kappa shape index (κ1) is 16.0. The zero-order chi connectivity index (χ0) is 15.3. The summed E-state index contributed by atoms with van der Waals surface area (Å²) >= 11 is 0. The molecule has 0 aromatic heterocycles. The van der Waals surface area contributed by atoms with Crippen molar-refractivity contribution in [2.45, 2.75) is 25.6 Å². The third-order valence-corrected chi connectivity index (χ3v) is 2.62. The highest BCUT2D eigenvalue weighted by molar-refractivity contribution is 5.75. The van der Waals surface area contributed by atoms with Crippen molar-refractivity contribution in [2.24, 2.45) is 0 Å². The molecule has 1 amide bonds. The van der Waals surface area contributed by atoms with E-state index in [1.807, 2.05) is 0 Å². The van der Waals surface area contributed by atoms with Gasteiger partial charge < -0.3 is 10.1 Å². The fourth-order valence-corrected chi connectivity index (χ4v) is 1.65. The summed E-state index contributed by atoms with van der Waals surface area (Å²) in [6.07, 6.45) is -4.58. The van der Waals surface area contributed by atoms with Crippen molar-refractivity contribution in [1.29, 1.82) is 0 Å². The second-order valence-corrected chi connectivity index (χ2v) is 4.15. The van der Waals surface area contributed by atoms with E-state index in [0.29, 0.717) is 5.56 Å². The van der Waals surface area contributed by atoms with E-state index >= 15 is 0 Å². The Hall–Kier alpha value is -2.05. The van der Waals surface area contributed by atoms with Crippen molar-refractivity contribution in [1.82, 2.24) is 5.32 Å². The Morgan fingerprint density at radius 3 is 2.20 bits per heavy atom. The first-order chi connectivity index (χ1) is 9.24. The molecule has 0 saturated heterocycles. The minimum atomic E-state index is -4.43. The van der Waals surface area contributed by atoms with Crippen LogP contribution in [0.2, 0.25) is 0 Å². The van der Waals surface area contributed by atoms with Crippen LogP contribution in [0.15, 0.2) is 24.3 Å². The van der Waals surface area contributed by atoms with Gasteiger partial charge in [-0.1, -0.05) is 12.1 Å². The van der Waals surface area contributed by atoms with Gasteiger partial charge in [0.25, 0.3) is 0 Å². The van der Waals surface area contributed by atoms with Crippen LogP contribution in [0.25, 0.3) is 0 Å². The van der Waals surface area contributed by atoms with Gasteiger partial charge in [0.2, 0.25) is 5.91 Å². The van der Waals surface area contributed by atoms with Crippen molar-refractivity contribution in [2.75, 3.05) is 7.11 Å². The lowest BCUT2D eigenvalue weighted by molar-refractivity contribution is -0.141. The summed E-state index contributed by atoms with van der Waals surface area (Å²) in [5, 5.41) is 2.50. The van der Waals surface area contributed by atoms with Gasteiger partial charge in [-0.15, -0.1) is 0 Å². The number of rotatable bonds is 4. The quantitative estimate of drug-likeness (QED) is 0.866. The Kier molecular flexibility index (Phi) is 5.12. The second kappa shape index (κ2) is 6.40. The van der Waals surface area contributed by atoms with Crippen LogP contribution in [0.3, 0.4) is 0 Å². The minimum absolute atomic E-state index is 0.151. The van der Waals surface area contributed by atoms with Crippen LogP contribution in [0.5, 0.6) is 0 Å². The van der Waals surface area contributed by atoms with Gasteiger partial charge >= 0.3 is 12.1 Å². The number of carbonyl (C=O) groups excluding carboxylic acids is 2. The maximum Gasteiger partial charge on any atom is 0.416 e. The molecule has 4 nitrogen and oxygen atoms in total. The highest BCUT2D eigenvalue weighted by Crippen LogP contribution is 2.30. The summed E-state index contributed by atoms with van der Waals surface area (Å²) < 4.78 is 41.8. The van der Waals surface area contributed by atoms with E-state index < -0.39 is 23.8 Å². The third-order valence-electron chi connectivity index (χ3n) is 2.62. The maximum absolute atomic E-state index is 12.5. The zero-order valence-electron chi connectivity index (χ0n) is 11.0. The molecule has 1 atom stereocenters. The molecule has 0 fully saturated rings. The number of ether oxygens (including phenoxy) is 1. The van der Waals surface area contributed by atoms with E-state index in [-0.39, 0.29) is 12.3 Å². The van der Waals surface area contributed by atoms with Crippen LogP contribution in [0.4, 0.5) is 13.2 Å². The standard InChI is InChI=1S/C13H14F3NO3/c1-8(18)17-11(7-12(19)20-2)9-3-5-10(6-4-9)13(14,15)16/h3-6,11H,7H2,1-2H3,(H,17,18)/t11-/m0/s1. The predicted molar refractivity (Wildman–Crippen MR) is 64.6 cm³/mol. The van der Waals surface area contributed by atoms with Crippen molar-refractivity contribution in [3.63, 3.8) is 0 Å². The molecule has 0 spiro atoms. The summed E-state index contributed by atoms with van der Waals surface area (Å²) in [5.74, 6) is -0.956. The number of benzene rings is 1. The number of hydrogen-bond acceptors (Lipinski definition) is 3. The molecule has 20 heavy (non-hydrogen) atoms. The van der Waals surface area contributed by atoms with Gasteiger partial charge in [0.15, 0.2) is 0 Å². The van der Waals surface area contributed by atoms with Crippen molar-refractivity contribution in [3.8, 4) is 0 Å². The Bertz CT molecular complexity index is 483. The molecule has 0 bridgehead atoms. The summed E-state index contributed by atoms with van der Waals surface area (Å²) in [5.41, 5.74) is -0.389. The molecule has 110 valence electrons. The van der Waals surface area contributed by atoms with E-state index in [2.05, 4.69) is 10.1 Å². The smallest absolute Gasteiger partial charge is 0.416 e. The molecule has 1 rings (SSSR count). The van der Waals surface area contributed by atoms with Crippen LogP contribution >= 0.6 is 0 Å². The van der Waals surface area contributed by atoms with Gasteiger partial charge in [0.1, 0.15) is 0 Å². The minimum Gasteiger partial charge on any atom is -0.469 e. The number of carbonyl (C=O) groups is 2. The average Bonchev–Trinajstić information content (AvgIpc) is 2.36. The zero-order valence-corrected chi connectivity index (χ0v) is 11.0. The molecule has 1 aromatic rings. The van der Waals surface area contributed by atoms with Crippen LogP contribution in [-0.2, 0) is 20.5 Å². The van der Waals surface area contributed by atoms with E-state index in [9.17, 15) is 22.8 Å². The number of halogens is 3. The molecule has 1 N–H and O–H groups in total. The van der Waals surface area contributed by atoms with Gasteiger partial charge in [-0.05, 0) is 17.7 Å². The molecule has 0 aliphatic heterocycles. The SMILES string of the molecule is COC(=O)C[C@H](NC(C)=O)c1ccc(C(F)(F)F)cc1. The van der Waals surface area contributed by atoms with E-state index in [4.69, 9.17) is 0 Å². The lowest BCUT2D eigenvalue weighted by atomic mass is 10.0. The molecule has 0 saturated carbocycles. The highest BCUT2D eigenvalue weighted by atomic mass is 19.4. The first-order valence-electron chi connectivity index (χ1n) is 5.75. The Morgan fingerprint density at radius 1 is 1.25 bits per heavy atom. The number of alkyl halides is 3. The topological polar surface area (TPSA) is 55.4 Å². The van der Waals surface area contributed by atoms with Gasteiger partial charge in [0, 0.05) is 6.92 Å². The highest BCUT2D eigenvalue weighted by Gasteiger charge is 2.30. The van der Waals surface area contributed by atoms with Gasteiger partial charge in [-0.25, -0.2) is 0 Å². The van der Waals surface area contributed by atoms with Crippen LogP contribution < -0.4 is 5.32 Å². The first-order valence-corrected chi connectivity index (χ1v) is 5.75. The predicted octanol–water partition coefficient (Wildman–Crippen LogP) is 2.45. The van der Waals surface area contributed by atoms with Crippen LogP contribution in [0, 0.1) is 0 Å². The molecule has 0 unspecified atom stereocenters. The fourth-order valence-electron chi connectivity index (χ4n) is 1.65. The number of methoxy groups -OCH3 is 1. The summed E-state index contributed by atoms with van der Waals surface area (Å²) in [6, 6.07) is 3.55. The molecule has 7 heteroatoms. The Balaban J connectivity index is 2.96. The molecular formula is C13H14F3NO3. The number of hydrogen-bond donors (Lipinski definition) is 1. The third kappa shape index (κ3) is 4.56. The number of amides is 1. The van der Waals surface area contributed by atoms with Crippen LogP contribution in [-0.4, -0.2) is 19.0 Å². The van der Waals surface area contributed by atoms with Gasteiger partial charge in [-0.2, -0.15) is 13.2 Å². The van der Waals surface area contributed by atoms with E-state index in [0.717, 1.165) is 12.1 Å². The molecule has 0 heterocycles. The van der Waals surface area contributed by atoms with Crippen molar-refractivity contribution >= 4 is 11.9 Å². The summed E-state index contributed by atoms with van der Waals surface area (Å²) in [4.78, 5) is 22.3. The van der Waals surface area contributed by atoms with E-state index in [1.54, 1.807) is 0 Å². The summed E-state index contributed by atoms with van der Waals surface area (Å²) in [7, 11) is 1.19. The lowest BCUT2D eigenvalue weighted by Crippen LogP contribution is -2.28. The average molecular weight is 289 g/mol. The van der Waals surface area contributed by atoms with Crippen molar-refractivity contribution < 1.29 is 27.5 Å². The molecule has 0 aliphatic rings. The Labute approximate surface area is 113 Å². The summed E-state index contributed by atoms with van der Waals surface area (Å²) in [6.45, 7) is 1.26. The number of nitrogens with one attached hydrogen (secondary N) is 1. The molecule has 0 radical (unpaired) electrons. The van der Waals surface area contributed by atoms with Gasteiger partial charge in [0.05, 0.1) is 25.1 Å². The van der Waals surface area contributed by atoms with Crippen LogP contribution in [0.1, 0.15) is 30.5 Å². The molecular weight excluding hydrogens is 275 g/mol. The lowest BCUT2D eigenvalue weighted by Gasteiger charge is -2.18. The van der Waals surface area contributed by atoms with Gasteiger partial charge in [-0.3, -0.25) is 9.59 Å². The maximum atomic E-state index is 12.5. The molecule has 1 aromatic carbocycles. The van der Waals surface area contributed by atoms with Crippen molar-refractivity contribution in [3.05, 3.63) is 35.4 Å². The normalized spacial score (nSPS) is 12.7.